The molecule has 1 amide bonds. The first-order valence-corrected chi connectivity index (χ1v) is 8.84. The van der Waals surface area contributed by atoms with Crippen LogP contribution in [0.25, 0.3) is 11.1 Å². The number of hydrogen-bond acceptors (Lipinski definition) is 3. The molecule has 130 valence electrons. The summed E-state index contributed by atoms with van der Waals surface area (Å²) in [5.41, 5.74) is 3.05. The third-order valence-corrected chi connectivity index (χ3v) is 4.76. The summed E-state index contributed by atoms with van der Waals surface area (Å²) in [4.78, 5) is 24.3. The summed E-state index contributed by atoms with van der Waals surface area (Å²) < 4.78 is 0. The average molecular weight is 336 g/mol. The van der Waals surface area contributed by atoms with Crippen molar-refractivity contribution in [2.24, 2.45) is 5.92 Å². The van der Waals surface area contributed by atoms with Crippen LogP contribution in [0.4, 0.5) is 0 Å². The van der Waals surface area contributed by atoms with E-state index in [0.717, 1.165) is 37.1 Å². The van der Waals surface area contributed by atoms with Gasteiger partial charge in [-0.1, -0.05) is 36.4 Å². The Morgan fingerprint density at radius 1 is 1.08 bits per heavy atom. The van der Waals surface area contributed by atoms with Crippen molar-refractivity contribution < 1.29 is 9.59 Å². The molecular formula is C21H24N2O2. The van der Waals surface area contributed by atoms with Crippen LogP contribution in [0.15, 0.2) is 48.5 Å². The van der Waals surface area contributed by atoms with Crippen LogP contribution in [0, 0.1) is 5.92 Å². The van der Waals surface area contributed by atoms with E-state index in [1.54, 1.807) is 13.0 Å². The molecule has 2 aromatic rings. The van der Waals surface area contributed by atoms with Crippen molar-refractivity contribution in [2.75, 3.05) is 19.6 Å². The molecule has 2 N–H and O–H groups in total. The van der Waals surface area contributed by atoms with Crippen molar-refractivity contribution in [1.82, 2.24) is 10.6 Å². The minimum atomic E-state index is -0.0534. The molecule has 0 spiro atoms. The van der Waals surface area contributed by atoms with Crippen LogP contribution in [-0.2, 0) is 0 Å². The molecule has 3 rings (SSSR count). The number of benzene rings is 2. The van der Waals surface area contributed by atoms with Gasteiger partial charge in [0.1, 0.15) is 0 Å². The Kier molecular flexibility index (Phi) is 5.61. The van der Waals surface area contributed by atoms with E-state index in [9.17, 15) is 9.59 Å². The van der Waals surface area contributed by atoms with Crippen molar-refractivity contribution in [3.8, 4) is 11.1 Å². The molecule has 1 saturated heterocycles. The molecule has 0 aromatic heterocycles. The number of carbonyl (C=O) groups excluding carboxylic acids is 2. The molecule has 0 aliphatic carbocycles. The van der Waals surface area contributed by atoms with E-state index in [4.69, 9.17) is 0 Å². The van der Waals surface area contributed by atoms with Gasteiger partial charge in [-0.05, 0) is 62.0 Å². The van der Waals surface area contributed by atoms with Crippen LogP contribution < -0.4 is 10.6 Å². The van der Waals surface area contributed by atoms with Gasteiger partial charge < -0.3 is 10.6 Å². The van der Waals surface area contributed by atoms with Gasteiger partial charge in [-0.3, -0.25) is 9.59 Å². The first-order valence-electron chi connectivity index (χ1n) is 8.84. The SMILES string of the molecule is CC(=O)c1cccc(-c2ccccc2C(=O)NCC2CCNCC2)c1. The second kappa shape index (κ2) is 8.08. The lowest BCUT2D eigenvalue weighted by Crippen LogP contribution is -2.36. The number of carbonyl (C=O) groups is 2. The number of rotatable bonds is 5. The molecule has 0 bridgehead atoms. The van der Waals surface area contributed by atoms with E-state index in [1.165, 1.54) is 0 Å². The number of ketones is 1. The van der Waals surface area contributed by atoms with E-state index in [2.05, 4.69) is 10.6 Å². The van der Waals surface area contributed by atoms with Crippen molar-refractivity contribution in [3.05, 3.63) is 59.7 Å². The largest absolute Gasteiger partial charge is 0.352 e. The molecule has 0 radical (unpaired) electrons. The van der Waals surface area contributed by atoms with Gasteiger partial charge in [-0.15, -0.1) is 0 Å². The first kappa shape index (κ1) is 17.4. The molecule has 4 nitrogen and oxygen atoms in total. The van der Waals surface area contributed by atoms with Gasteiger partial charge in [0.15, 0.2) is 5.78 Å². The Morgan fingerprint density at radius 3 is 2.60 bits per heavy atom. The number of piperidine rings is 1. The Labute approximate surface area is 148 Å². The van der Waals surface area contributed by atoms with Crippen LogP contribution in [0.1, 0.15) is 40.5 Å². The fourth-order valence-electron chi connectivity index (χ4n) is 3.26. The topological polar surface area (TPSA) is 58.2 Å². The predicted molar refractivity (Wildman–Crippen MR) is 99.8 cm³/mol. The van der Waals surface area contributed by atoms with Gasteiger partial charge in [-0.2, -0.15) is 0 Å². The fraction of sp³-hybridized carbons (Fsp3) is 0.333. The third-order valence-electron chi connectivity index (χ3n) is 4.76. The van der Waals surface area contributed by atoms with Gasteiger partial charge in [0.05, 0.1) is 0 Å². The highest BCUT2D eigenvalue weighted by atomic mass is 16.1. The Bertz CT molecular complexity index is 764. The normalized spacial score (nSPS) is 14.9. The predicted octanol–water partition coefficient (Wildman–Crippen LogP) is 3.29. The summed E-state index contributed by atoms with van der Waals surface area (Å²) in [5.74, 6) is 0.510. The van der Waals surface area contributed by atoms with E-state index in [0.29, 0.717) is 23.6 Å². The summed E-state index contributed by atoms with van der Waals surface area (Å²) in [6.45, 7) is 4.31. The summed E-state index contributed by atoms with van der Waals surface area (Å²) in [5, 5.41) is 6.42. The maximum atomic E-state index is 12.7. The third kappa shape index (κ3) is 4.34. The van der Waals surface area contributed by atoms with E-state index in [1.807, 2.05) is 42.5 Å². The van der Waals surface area contributed by atoms with Crippen LogP contribution in [-0.4, -0.2) is 31.3 Å². The highest BCUT2D eigenvalue weighted by molar-refractivity contribution is 6.02. The monoisotopic (exact) mass is 336 g/mol. The Balaban J connectivity index is 1.79. The quantitative estimate of drug-likeness (QED) is 0.824. The van der Waals surface area contributed by atoms with Gasteiger partial charge in [0.2, 0.25) is 0 Å². The van der Waals surface area contributed by atoms with E-state index >= 15 is 0 Å². The van der Waals surface area contributed by atoms with Gasteiger partial charge in [0, 0.05) is 17.7 Å². The second-order valence-corrected chi connectivity index (χ2v) is 6.59. The van der Waals surface area contributed by atoms with Gasteiger partial charge in [0.25, 0.3) is 5.91 Å². The number of hydrogen-bond donors (Lipinski definition) is 2. The van der Waals surface area contributed by atoms with Crippen LogP contribution >= 0.6 is 0 Å². The van der Waals surface area contributed by atoms with Crippen molar-refractivity contribution >= 4 is 11.7 Å². The highest BCUT2D eigenvalue weighted by Crippen LogP contribution is 2.25. The van der Waals surface area contributed by atoms with Crippen molar-refractivity contribution in [2.45, 2.75) is 19.8 Å². The number of Topliss-reactive ketones (excluding diaryl/α,β-unsaturated/α-hetero) is 1. The van der Waals surface area contributed by atoms with E-state index in [-0.39, 0.29) is 11.7 Å². The smallest absolute Gasteiger partial charge is 0.251 e. The summed E-state index contributed by atoms with van der Waals surface area (Å²) in [6, 6.07) is 15.0. The number of nitrogens with one attached hydrogen (secondary N) is 2. The number of amides is 1. The standard InChI is InChI=1S/C21H24N2O2/c1-15(24)17-5-4-6-18(13-17)19-7-2-3-8-20(19)21(25)23-14-16-9-11-22-12-10-16/h2-8,13,16,22H,9-12,14H2,1H3,(H,23,25). The fourth-order valence-corrected chi connectivity index (χ4v) is 3.26. The van der Waals surface area contributed by atoms with Crippen LogP contribution in [0.5, 0.6) is 0 Å². The minimum Gasteiger partial charge on any atom is -0.352 e. The van der Waals surface area contributed by atoms with Crippen LogP contribution in [0.3, 0.4) is 0 Å². The second-order valence-electron chi connectivity index (χ2n) is 6.59. The summed E-state index contributed by atoms with van der Waals surface area (Å²) >= 11 is 0. The zero-order chi connectivity index (χ0) is 17.6. The van der Waals surface area contributed by atoms with Crippen LogP contribution in [0.2, 0.25) is 0 Å². The lowest BCUT2D eigenvalue weighted by molar-refractivity contribution is 0.0944. The Hall–Kier alpha value is -2.46. The molecule has 1 aliphatic rings. The zero-order valence-electron chi connectivity index (χ0n) is 14.5. The van der Waals surface area contributed by atoms with Gasteiger partial charge >= 0.3 is 0 Å². The van der Waals surface area contributed by atoms with E-state index < -0.39 is 0 Å². The molecular weight excluding hydrogens is 312 g/mol. The lowest BCUT2D eigenvalue weighted by atomic mass is 9.96. The zero-order valence-corrected chi connectivity index (χ0v) is 14.5. The molecule has 0 unspecified atom stereocenters. The highest BCUT2D eigenvalue weighted by Gasteiger charge is 2.17. The molecule has 0 atom stereocenters. The summed E-state index contributed by atoms with van der Waals surface area (Å²) in [6.07, 6.45) is 2.20. The lowest BCUT2D eigenvalue weighted by Gasteiger charge is -2.23. The maximum absolute atomic E-state index is 12.7. The molecule has 4 heteroatoms. The molecule has 0 saturated carbocycles. The molecule has 25 heavy (non-hydrogen) atoms. The molecule has 1 heterocycles. The minimum absolute atomic E-state index is 0.0229. The average Bonchev–Trinajstić information content (AvgIpc) is 2.67. The first-order chi connectivity index (χ1) is 12.1. The summed E-state index contributed by atoms with van der Waals surface area (Å²) in [7, 11) is 0. The van der Waals surface area contributed by atoms with Crippen molar-refractivity contribution in [3.63, 3.8) is 0 Å². The molecule has 1 fully saturated rings. The molecule has 2 aromatic carbocycles. The maximum Gasteiger partial charge on any atom is 0.251 e. The molecule has 1 aliphatic heterocycles. The Morgan fingerprint density at radius 2 is 1.84 bits per heavy atom. The van der Waals surface area contributed by atoms with Gasteiger partial charge in [-0.25, -0.2) is 0 Å². The van der Waals surface area contributed by atoms with Crippen molar-refractivity contribution in [1.29, 1.82) is 0 Å².